The van der Waals surface area contributed by atoms with Gasteiger partial charge in [0.1, 0.15) is 17.3 Å². The second-order valence-electron chi connectivity index (χ2n) is 5.73. The molecule has 0 atom stereocenters. The molecule has 0 fully saturated rings. The van der Waals surface area contributed by atoms with Crippen LogP contribution in [0.15, 0.2) is 67.0 Å². The molecule has 0 saturated carbocycles. The van der Waals surface area contributed by atoms with E-state index in [4.69, 9.17) is 0 Å². The highest BCUT2D eigenvalue weighted by Gasteiger charge is 2.16. The van der Waals surface area contributed by atoms with Gasteiger partial charge in [0.05, 0.1) is 12.4 Å². The molecule has 0 bridgehead atoms. The van der Waals surface area contributed by atoms with E-state index in [2.05, 4.69) is 15.3 Å². The molecule has 1 amide bonds. The Morgan fingerprint density at radius 1 is 1.08 bits per heavy atom. The van der Waals surface area contributed by atoms with Crippen molar-refractivity contribution in [3.05, 3.63) is 84.1 Å². The van der Waals surface area contributed by atoms with E-state index in [1.165, 1.54) is 24.5 Å². The van der Waals surface area contributed by atoms with Gasteiger partial charge in [-0.2, -0.15) is 0 Å². The summed E-state index contributed by atoms with van der Waals surface area (Å²) in [6.07, 6.45) is 2.89. The summed E-state index contributed by atoms with van der Waals surface area (Å²) in [7, 11) is 0. The van der Waals surface area contributed by atoms with E-state index in [0.717, 1.165) is 5.56 Å². The number of carbonyl (C=O) groups is 1. The van der Waals surface area contributed by atoms with Gasteiger partial charge < -0.3 is 10.2 Å². The Bertz CT molecular complexity index is 868. The number of hydrogen-bond acceptors (Lipinski definition) is 4. The molecule has 2 aromatic carbocycles. The normalized spacial score (nSPS) is 10.4. The summed E-state index contributed by atoms with van der Waals surface area (Å²) < 4.78 is 13.2. The zero-order valence-corrected chi connectivity index (χ0v) is 14.4. The highest BCUT2D eigenvalue weighted by molar-refractivity contribution is 5.92. The van der Waals surface area contributed by atoms with Crippen molar-refractivity contribution in [2.24, 2.45) is 0 Å². The molecule has 1 N–H and O–H groups in total. The Hall–Kier alpha value is -3.28. The number of hydrogen-bond donors (Lipinski definition) is 1. The first-order chi connectivity index (χ1) is 12.7. The SMILES string of the molecule is CCN(Cc1ccccc1)C(=O)c1cnc(Nc2cccc(F)c2)cn1. The number of anilines is 2. The van der Waals surface area contributed by atoms with Crippen LogP contribution in [0.2, 0.25) is 0 Å². The third kappa shape index (κ3) is 4.42. The fraction of sp³-hybridized carbons (Fsp3) is 0.150. The minimum atomic E-state index is -0.339. The lowest BCUT2D eigenvalue weighted by molar-refractivity contribution is 0.0746. The molecule has 0 unspecified atom stereocenters. The van der Waals surface area contributed by atoms with Crippen molar-refractivity contribution >= 4 is 17.4 Å². The van der Waals surface area contributed by atoms with E-state index in [9.17, 15) is 9.18 Å². The number of rotatable bonds is 6. The molecule has 0 aliphatic rings. The minimum absolute atomic E-state index is 0.179. The first kappa shape index (κ1) is 17.5. The molecule has 0 radical (unpaired) electrons. The minimum Gasteiger partial charge on any atom is -0.339 e. The van der Waals surface area contributed by atoms with Gasteiger partial charge in [-0.25, -0.2) is 14.4 Å². The maximum absolute atomic E-state index is 13.2. The number of amides is 1. The van der Waals surface area contributed by atoms with Gasteiger partial charge in [-0.3, -0.25) is 4.79 Å². The van der Waals surface area contributed by atoms with Crippen LogP contribution in [-0.4, -0.2) is 27.3 Å². The quantitative estimate of drug-likeness (QED) is 0.729. The van der Waals surface area contributed by atoms with E-state index in [0.29, 0.717) is 24.6 Å². The maximum atomic E-state index is 13.2. The van der Waals surface area contributed by atoms with E-state index in [1.807, 2.05) is 37.3 Å². The molecular formula is C20H19FN4O. The molecule has 0 spiro atoms. The van der Waals surface area contributed by atoms with Gasteiger partial charge in [-0.05, 0) is 30.7 Å². The number of nitrogens with one attached hydrogen (secondary N) is 1. The molecule has 3 rings (SSSR count). The lowest BCUT2D eigenvalue weighted by Gasteiger charge is -2.20. The van der Waals surface area contributed by atoms with Gasteiger partial charge in [-0.15, -0.1) is 0 Å². The molecule has 132 valence electrons. The maximum Gasteiger partial charge on any atom is 0.274 e. The van der Waals surface area contributed by atoms with Crippen LogP contribution >= 0.6 is 0 Å². The Kier molecular flexibility index (Phi) is 5.53. The third-order valence-electron chi connectivity index (χ3n) is 3.85. The van der Waals surface area contributed by atoms with Crippen LogP contribution in [0.5, 0.6) is 0 Å². The van der Waals surface area contributed by atoms with Crippen LogP contribution in [0.25, 0.3) is 0 Å². The van der Waals surface area contributed by atoms with Crippen molar-refractivity contribution in [1.82, 2.24) is 14.9 Å². The van der Waals surface area contributed by atoms with Gasteiger partial charge in [0.15, 0.2) is 0 Å². The average molecular weight is 350 g/mol. The average Bonchev–Trinajstić information content (AvgIpc) is 2.67. The van der Waals surface area contributed by atoms with Gasteiger partial charge in [0, 0.05) is 18.8 Å². The summed E-state index contributed by atoms with van der Waals surface area (Å²) in [6.45, 7) is 3.01. The zero-order valence-electron chi connectivity index (χ0n) is 14.4. The number of halogens is 1. The molecule has 0 aliphatic heterocycles. The number of aromatic nitrogens is 2. The van der Waals surface area contributed by atoms with Crippen LogP contribution in [0, 0.1) is 5.82 Å². The number of carbonyl (C=O) groups excluding carboxylic acids is 1. The standard InChI is InChI=1S/C20H19FN4O/c1-2-25(14-15-7-4-3-5-8-15)20(26)18-12-23-19(13-22-18)24-17-10-6-9-16(21)11-17/h3-13H,2,14H2,1H3,(H,23,24). The molecule has 3 aromatic rings. The van der Waals surface area contributed by atoms with Crippen molar-refractivity contribution in [3.63, 3.8) is 0 Å². The summed E-state index contributed by atoms with van der Waals surface area (Å²) in [5.41, 5.74) is 1.89. The molecular weight excluding hydrogens is 331 g/mol. The molecule has 0 saturated heterocycles. The van der Waals surface area contributed by atoms with Crippen molar-refractivity contribution in [1.29, 1.82) is 0 Å². The summed E-state index contributed by atoms with van der Waals surface area (Å²) in [4.78, 5) is 22.8. The Morgan fingerprint density at radius 2 is 1.88 bits per heavy atom. The van der Waals surface area contributed by atoms with Crippen molar-refractivity contribution < 1.29 is 9.18 Å². The van der Waals surface area contributed by atoms with E-state index >= 15 is 0 Å². The fourth-order valence-electron chi connectivity index (χ4n) is 2.51. The topological polar surface area (TPSA) is 58.1 Å². The van der Waals surface area contributed by atoms with Gasteiger partial charge in [0.25, 0.3) is 5.91 Å². The zero-order chi connectivity index (χ0) is 18.4. The van der Waals surface area contributed by atoms with Crippen molar-refractivity contribution in [3.8, 4) is 0 Å². The van der Waals surface area contributed by atoms with Crippen LogP contribution in [0.3, 0.4) is 0 Å². The predicted octanol–water partition coefficient (Wildman–Crippen LogP) is 4.02. The first-order valence-corrected chi connectivity index (χ1v) is 8.33. The Morgan fingerprint density at radius 3 is 2.54 bits per heavy atom. The first-order valence-electron chi connectivity index (χ1n) is 8.33. The number of nitrogens with zero attached hydrogens (tertiary/aromatic N) is 3. The van der Waals surface area contributed by atoms with Crippen molar-refractivity contribution in [2.75, 3.05) is 11.9 Å². The second-order valence-corrected chi connectivity index (χ2v) is 5.73. The molecule has 1 aromatic heterocycles. The van der Waals surface area contributed by atoms with Crippen LogP contribution in [0.1, 0.15) is 23.0 Å². The predicted molar refractivity (Wildman–Crippen MR) is 98.6 cm³/mol. The molecule has 1 heterocycles. The monoisotopic (exact) mass is 350 g/mol. The van der Waals surface area contributed by atoms with Gasteiger partial charge in [0.2, 0.25) is 0 Å². The third-order valence-corrected chi connectivity index (χ3v) is 3.85. The smallest absolute Gasteiger partial charge is 0.274 e. The number of benzene rings is 2. The highest BCUT2D eigenvalue weighted by Crippen LogP contribution is 2.15. The summed E-state index contributed by atoms with van der Waals surface area (Å²) in [5, 5.41) is 2.96. The summed E-state index contributed by atoms with van der Waals surface area (Å²) in [6, 6.07) is 15.8. The van der Waals surface area contributed by atoms with Crippen LogP contribution in [0.4, 0.5) is 15.9 Å². The summed E-state index contributed by atoms with van der Waals surface area (Å²) in [5.74, 6) is -0.0753. The molecule has 0 aliphatic carbocycles. The van der Waals surface area contributed by atoms with Crippen LogP contribution in [-0.2, 0) is 6.54 Å². The lowest BCUT2D eigenvalue weighted by Crippen LogP contribution is -2.31. The second kappa shape index (κ2) is 8.20. The highest BCUT2D eigenvalue weighted by atomic mass is 19.1. The molecule has 6 heteroatoms. The summed E-state index contributed by atoms with van der Waals surface area (Å²) >= 11 is 0. The van der Waals surface area contributed by atoms with E-state index in [-0.39, 0.29) is 17.4 Å². The van der Waals surface area contributed by atoms with E-state index < -0.39 is 0 Å². The van der Waals surface area contributed by atoms with Crippen LogP contribution < -0.4 is 5.32 Å². The van der Waals surface area contributed by atoms with Crippen molar-refractivity contribution in [2.45, 2.75) is 13.5 Å². The van der Waals surface area contributed by atoms with Gasteiger partial charge >= 0.3 is 0 Å². The largest absolute Gasteiger partial charge is 0.339 e. The van der Waals surface area contributed by atoms with E-state index in [1.54, 1.807) is 17.0 Å². The molecule has 5 nitrogen and oxygen atoms in total. The Labute approximate surface area is 151 Å². The molecule has 26 heavy (non-hydrogen) atoms. The Balaban J connectivity index is 1.69. The fourth-order valence-corrected chi connectivity index (χ4v) is 2.51. The van der Waals surface area contributed by atoms with Gasteiger partial charge in [-0.1, -0.05) is 36.4 Å². The lowest BCUT2D eigenvalue weighted by atomic mass is 10.2.